The van der Waals surface area contributed by atoms with Gasteiger partial charge in [0.05, 0.1) is 57.8 Å². The summed E-state index contributed by atoms with van der Waals surface area (Å²) in [6.07, 6.45) is -10.5. The Labute approximate surface area is 587 Å². The van der Waals surface area contributed by atoms with Crippen molar-refractivity contribution in [3.05, 3.63) is 0 Å². The Balaban J connectivity index is 1.38. The average molecular weight is 1460 g/mol. The van der Waals surface area contributed by atoms with Crippen molar-refractivity contribution in [3.8, 4) is 0 Å². The molecule has 3 aliphatic heterocycles. The molecule has 3 saturated heterocycles. The first kappa shape index (κ1) is 89.2. The lowest BCUT2D eigenvalue weighted by Gasteiger charge is -2.40. The van der Waals surface area contributed by atoms with Gasteiger partial charge in [-0.25, -0.2) is 0 Å². The number of carbonyl (C=O) groups excluding carboxylic acids is 10. The van der Waals surface area contributed by atoms with E-state index in [0.717, 1.165) is 0 Å². The van der Waals surface area contributed by atoms with Crippen molar-refractivity contribution >= 4 is 59.3 Å². The molecular formula is C63H112N10O28. The molecular weight excluding hydrogens is 1340 g/mol. The predicted octanol–water partition coefficient (Wildman–Crippen LogP) is -6.48. The van der Waals surface area contributed by atoms with Gasteiger partial charge in [-0.3, -0.25) is 47.9 Å². The van der Waals surface area contributed by atoms with E-state index in [9.17, 15) is 78.6 Å². The molecule has 0 aromatic heterocycles. The molecule has 0 aromatic rings. The van der Waals surface area contributed by atoms with Crippen molar-refractivity contribution in [1.29, 1.82) is 0 Å². The Morgan fingerprint density at radius 3 is 0.832 bits per heavy atom. The third-order valence-electron chi connectivity index (χ3n) is 15.8. The molecule has 15 atom stereocenters. The summed E-state index contributed by atoms with van der Waals surface area (Å²) < 4.78 is 66.1. The van der Waals surface area contributed by atoms with E-state index in [1.54, 1.807) is 0 Å². The summed E-state index contributed by atoms with van der Waals surface area (Å²) >= 11 is 0. The zero-order chi connectivity index (χ0) is 74.7. The minimum atomic E-state index is -1.39. The molecule has 0 radical (unpaired) electrons. The van der Waals surface area contributed by atoms with Gasteiger partial charge in [-0.1, -0.05) is 0 Å². The van der Waals surface area contributed by atoms with Crippen molar-refractivity contribution in [2.75, 3.05) is 119 Å². The Bertz CT molecular complexity index is 2240. The van der Waals surface area contributed by atoms with Crippen LogP contribution >= 0.6 is 0 Å². The third-order valence-corrected chi connectivity index (χ3v) is 15.8. The standard InChI is InChI=1S/C63H112N10O28/c1-38(74)73-63(35-90-29-17-48(81)70-23-11-20-67-45(78)14-5-8-26-93-60-51(64)57(87)54(84)42(99-60)32-96-39(2)75,36-91-30-18-49(82)71-24-12-21-68-46(79)15-6-9-27-94-61-52(65)58(88)55(85)43(100-61)33-97-40(3)76)37-92-31-19-50(83)72-25-13-22-69-47(80)16-7-10-28-95-62-53(66)59(89)56(86)44(101-62)34-98-41(4)77/h42-44,51-62,84-89H,5-37,64-66H2,1-4H3,(H,67,78)(H,68,79)(H,69,80)(H,70,81)(H,71,82)(H,72,83)(H,73,74)/t42?,43?,44?,51-,52-,53-,54-,55-,56-,57?,58?,59?,60+,61+,62+,63?/m0/s1. The molecule has 3 rings (SSSR count). The fourth-order valence-corrected chi connectivity index (χ4v) is 10.1. The summed E-state index contributed by atoms with van der Waals surface area (Å²) in [5.41, 5.74) is 16.5. The van der Waals surface area contributed by atoms with Gasteiger partial charge in [0, 0.05) is 125 Å². The number of unbranched alkanes of at least 4 members (excludes halogenated alkanes) is 3. The van der Waals surface area contributed by atoms with E-state index < -0.39 is 121 Å². The van der Waals surface area contributed by atoms with Crippen molar-refractivity contribution in [1.82, 2.24) is 37.2 Å². The van der Waals surface area contributed by atoms with E-state index in [-0.39, 0.29) is 193 Å². The fourth-order valence-electron chi connectivity index (χ4n) is 10.1. The molecule has 3 aliphatic rings. The smallest absolute Gasteiger partial charge is 0.302 e. The maximum absolute atomic E-state index is 12.8. The molecule has 3 heterocycles. The molecule has 101 heavy (non-hydrogen) atoms. The van der Waals surface area contributed by atoms with Crippen LogP contribution in [0.25, 0.3) is 0 Å². The summed E-state index contributed by atoms with van der Waals surface area (Å²) in [7, 11) is 0. The number of carbonyl (C=O) groups is 10. The first-order valence-electron chi connectivity index (χ1n) is 34.3. The Hall–Kier alpha value is -6.02. The first-order valence-corrected chi connectivity index (χ1v) is 34.3. The van der Waals surface area contributed by atoms with E-state index >= 15 is 0 Å². The summed E-state index contributed by atoms with van der Waals surface area (Å²) in [5, 5.41) is 81.0. The molecule has 0 aromatic carbocycles. The number of hydrogen-bond donors (Lipinski definition) is 16. The topological polar surface area (TPSA) is 565 Å². The number of nitrogens with one attached hydrogen (secondary N) is 7. The monoisotopic (exact) mass is 1460 g/mol. The number of esters is 3. The van der Waals surface area contributed by atoms with Crippen molar-refractivity contribution < 1.29 is 135 Å². The van der Waals surface area contributed by atoms with E-state index in [2.05, 4.69) is 37.2 Å². The van der Waals surface area contributed by atoms with Crippen LogP contribution in [0.1, 0.15) is 124 Å². The fraction of sp³-hybridized carbons (Fsp3) is 0.841. The minimum Gasteiger partial charge on any atom is -0.463 e. The molecule has 19 N–H and O–H groups in total. The molecule has 3 fully saturated rings. The highest BCUT2D eigenvalue weighted by Crippen LogP contribution is 2.25. The van der Waals surface area contributed by atoms with Crippen LogP contribution in [0.5, 0.6) is 0 Å². The predicted molar refractivity (Wildman–Crippen MR) is 350 cm³/mol. The van der Waals surface area contributed by atoms with Gasteiger partial charge in [0.2, 0.25) is 41.4 Å². The Kier molecular flexibility index (Phi) is 44.5. The first-order chi connectivity index (χ1) is 48.1. The van der Waals surface area contributed by atoms with Crippen LogP contribution in [0.15, 0.2) is 0 Å². The van der Waals surface area contributed by atoms with Gasteiger partial charge >= 0.3 is 17.9 Å². The molecule has 0 saturated carbocycles. The molecule has 0 aliphatic carbocycles. The van der Waals surface area contributed by atoms with Crippen molar-refractivity contribution in [2.24, 2.45) is 17.2 Å². The number of rotatable bonds is 52. The molecule has 38 heteroatoms. The second-order valence-corrected chi connectivity index (χ2v) is 24.7. The second kappa shape index (κ2) is 50.4. The number of aliphatic hydroxyl groups is 6. The highest BCUT2D eigenvalue weighted by molar-refractivity contribution is 5.78. The van der Waals surface area contributed by atoms with Crippen LogP contribution in [0.3, 0.4) is 0 Å². The minimum absolute atomic E-state index is 0.0824. The zero-order valence-corrected chi connectivity index (χ0v) is 58.4. The van der Waals surface area contributed by atoms with Gasteiger partial charge in [0.1, 0.15) is 80.3 Å². The lowest BCUT2D eigenvalue weighted by atomic mass is 9.98. The van der Waals surface area contributed by atoms with E-state index in [0.29, 0.717) is 57.8 Å². The van der Waals surface area contributed by atoms with Crippen LogP contribution in [0.2, 0.25) is 0 Å². The molecule has 6 unspecified atom stereocenters. The number of nitrogens with two attached hydrogens (primary N) is 3. The third kappa shape index (κ3) is 37.3. The molecule has 0 bridgehead atoms. The van der Waals surface area contributed by atoms with Gasteiger partial charge < -0.3 is 142 Å². The molecule has 0 spiro atoms. The maximum atomic E-state index is 12.8. The molecule has 38 nitrogen and oxygen atoms in total. The van der Waals surface area contributed by atoms with Crippen molar-refractivity contribution in [2.45, 2.75) is 221 Å². The van der Waals surface area contributed by atoms with Crippen LogP contribution < -0.4 is 54.4 Å². The van der Waals surface area contributed by atoms with Crippen LogP contribution in [-0.2, 0) is 105 Å². The largest absolute Gasteiger partial charge is 0.463 e. The van der Waals surface area contributed by atoms with Crippen LogP contribution in [0.4, 0.5) is 0 Å². The number of aliphatic hydroxyl groups excluding tert-OH is 6. The number of amides is 7. The average Bonchev–Trinajstić information content (AvgIpc) is 0.833. The van der Waals surface area contributed by atoms with Gasteiger partial charge in [-0.2, -0.15) is 0 Å². The normalized spacial score (nSPS) is 25.5. The highest BCUT2D eigenvalue weighted by Gasteiger charge is 2.46. The highest BCUT2D eigenvalue weighted by atomic mass is 16.7. The summed E-state index contributed by atoms with van der Waals surface area (Å²) in [6, 6.07) is -3.19. The van der Waals surface area contributed by atoms with Gasteiger partial charge in [0.25, 0.3) is 0 Å². The van der Waals surface area contributed by atoms with Gasteiger partial charge in [0.15, 0.2) is 18.9 Å². The van der Waals surface area contributed by atoms with E-state index in [1.807, 2.05) is 0 Å². The SMILES string of the molecule is CC(=O)NC(COCCC(=O)NCCCNC(=O)CCCCO[C@@H]1OC(COC(C)=O)[C@H](O)C(O)[C@@H]1N)(COCCC(=O)NCCCNC(=O)CCCCO[C@@H]1OC(COC(C)=O)[C@H](O)C(O)[C@@H]1N)COCCC(=O)NCCCNC(=O)CCCCO[C@@H]1OC(COC(C)=O)[C@H](O)C(O)[C@@H]1N. The van der Waals surface area contributed by atoms with Crippen molar-refractivity contribution in [3.63, 3.8) is 0 Å². The molecule has 7 amide bonds. The van der Waals surface area contributed by atoms with Gasteiger partial charge in [-0.05, 0) is 57.8 Å². The lowest BCUT2D eigenvalue weighted by molar-refractivity contribution is -0.267. The lowest BCUT2D eigenvalue weighted by Crippen LogP contribution is -2.62. The summed E-state index contributed by atoms with van der Waals surface area (Å²) in [4.78, 5) is 122. The Morgan fingerprint density at radius 1 is 0.347 bits per heavy atom. The van der Waals surface area contributed by atoms with Gasteiger partial charge in [-0.15, -0.1) is 0 Å². The molecule has 582 valence electrons. The maximum Gasteiger partial charge on any atom is 0.302 e. The zero-order valence-electron chi connectivity index (χ0n) is 58.4. The van der Waals surface area contributed by atoms with E-state index in [4.69, 9.17) is 74.0 Å². The van der Waals surface area contributed by atoms with Crippen LogP contribution in [-0.4, -0.2) is 306 Å². The van der Waals surface area contributed by atoms with E-state index in [1.165, 1.54) is 27.7 Å². The second-order valence-electron chi connectivity index (χ2n) is 24.7. The quantitative estimate of drug-likeness (QED) is 0.0153. The summed E-state index contributed by atoms with van der Waals surface area (Å²) in [6.45, 7) is 4.91. The Morgan fingerprint density at radius 2 is 0.594 bits per heavy atom. The summed E-state index contributed by atoms with van der Waals surface area (Å²) in [5.74, 6) is -4.01. The number of hydrogen-bond acceptors (Lipinski definition) is 31. The number of ether oxygens (including phenoxy) is 12. The van der Waals surface area contributed by atoms with Crippen LogP contribution in [0, 0.1) is 0 Å².